The van der Waals surface area contributed by atoms with Gasteiger partial charge < -0.3 is 0 Å². The average molecular weight is 208 g/mol. The molecule has 0 unspecified atom stereocenters. The zero-order valence-corrected chi connectivity index (χ0v) is 10.4. The predicted molar refractivity (Wildman–Crippen MR) is 63.0 cm³/mol. The van der Waals surface area contributed by atoms with Crippen molar-refractivity contribution in [3.8, 4) is 0 Å². The standard InChI is InChI=1S/C7H8N4.2C2H6/c1-5-4-11-6(2)9-10-7(11)3-8-5;2*1-2/h3-4H,1-2H3;2*1-2H3. The van der Waals surface area contributed by atoms with Gasteiger partial charge in [-0.05, 0) is 13.8 Å². The minimum atomic E-state index is 0.799. The Hall–Kier alpha value is -1.45. The second-order valence-corrected chi connectivity index (χ2v) is 2.50. The van der Waals surface area contributed by atoms with Crippen molar-refractivity contribution < 1.29 is 0 Å². The highest BCUT2D eigenvalue weighted by atomic mass is 15.2. The summed E-state index contributed by atoms with van der Waals surface area (Å²) in [4.78, 5) is 4.10. The van der Waals surface area contributed by atoms with Crippen molar-refractivity contribution in [2.24, 2.45) is 0 Å². The molecule has 15 heavy (non-hydrogen) atoms. The Labute approximate surface area is 91.4 Å². The molecule has 2 aromatic rings. The summed E-state index contributed by atoms with van der Waals surface area (Å²) in [6.07, 6.45) is 3.64. The fraction of sp³-hybridized carbons (Fsp3) is 0.545. The molecule has 0 saturated carbocycles. The first-order valence-electron chi connectivity index (χ1n) is 5.41. The van der Waals surface area contributed by atoms with Gasteiger partial charge in [0.15, 0.2) is 5.65 Å². The number of hydrogen-bond donors (Lipinski definition) is 0. The third-order valence-corrected chi connectivity index (χ3v) is 1.59. The Morgan fingerprint density at radius 1 is 1.00 bits per heavy atom. The number of aryl methyl sites for hydroxylation is 2. The van der Waals surface area contributed by atoms with Crippen LogP contribution in [0.4, 0.5) is 0 Å². The summed E-state index contributed by atoms with van der Waals surface area (Å²) in [6.45, 7) is 11.9. The molecule has 0 N–H and O–H groups in total. The van der Waals surface area contributed by atoms with E-state index in [1.54, 1.807) is 6.20 Å². The number of nitrogens with zero attached hydrogens (tertiary/aromatic N) is 4. The molecule has 0 amide bonds. The summed E-state index contributed by atoms with van der Waals surface area (Å²) in [5.74, 6) is 0.894. The summed E-state index contributed by atoms with van der Waals surface area (Å²) in [7, 11) is 0. The molecule has 4 nitrogen and oxygen atoms in total. The maximum atomic E-state index is 4.10. The van der Waals surface area contributed by atoms with Crippen molar-refractivity contribution in [1.29, 1.82) is 0 Å². The molecule has 0 saturated heterocycles. The first-order chi connectivity index (χ1) is 7.27. The van der Waals surface area contributed by atoms with E-state index in [0.717, 1.165) is 17.2 Å². The zero-order chi connectivity index (χ0) is 11.8. The van der Waals surface area contributed by atoms with E-state index in [4.69, 9.17) is 0 Å². The van der Waals surface area contributed by atoms with Gasteiger partial charge in [0.1, 0.15) is 5.82 Å². The van der Waals surface area contributed by atoms with Crippen molar-refractivity contribution in [2.45, 2.75) is 41.5 Å². The SMILES string of the molecule is CC.CC.Cc1cn2c(C)nnc2cn1. The van der Waals surface area contributed by atoms with Crippen LogP contribution in [0.5, 0.6) is 0 Å². The molecule has 0 aliphatic carbocycles. The molecule has 2 rings (SSSR count). The lowest BCUT2D eigenvalue weighted by atomic mass is 10.5. The lowest BCUT2D eigenvalue weighted by Crippen LogP contribution is -1.90. The smallest absolute Gasteiger partial charge is 0.179 e. The van der Waals surface area contributed by atoms with Gasteiger partial charge in [0.2, 0.25) is 0 Å². The van der Waals surface area contributed by atoms with Gasteiger partial charge in [-0.15, -0.1) is 10.2 Å². The molecule has 2 heterocycles. The second kappa shape index (κ2) is 6.92. The van der Waals surface area contributed by atoms with Crippen LogP contribution in [-0.4, -0.2) is 19.6 Å². The number of hydrogen-bond acceptors (Lipinski definition) is 3. The molecule has 0 atom stereocenters. The molecule has 0 spiro atoms. The number of rotatable bonds is 0. The lowest BCUT2D eigenvalue weighted by Gasteiger charge is -1.93. The monoisotopic (exact) mass is 208 g/mol. The molecule has 84 valence electrons. The predicted octanol–water partition coefficient (Wildman–Crippen LogP) is 2.79. The number of aromatic nitrogens is 4. The van der Waals surface area contributed by atoms with E-state index >= 15 is 0 Å². The Bertz CT molecular complexity index is 392. The average Bonchev–Trinajstić information content (AvgIpc) is 2.66. The molecule has 0 fully saturated rings. The van der Waals surface area contributed by atoms with E-state index in [0.29, 0.717) is 0 Å². The van der Waals surface area contributed by atoms with E-state index < -0.39 is 0 Å². The highest BCUT2D eigenvalue weighted by molar-refractivity contribution is 5.34. The van der Waals surface area contributed by atoms with Gasteiger partial charge in [-0.2, -0.15) is 0 Å². The molecule has 0 aliphatic rings. The van der Waals surface area contributed by atoms with Crippen LogP contribution in [0.1, 0.15) is 39.2 Å². The molecule has 4 heteroatoms. The van der Waals surface area contributed by atoms with Crippen LogP contribution in [-0.2, 0) is 0 Å². The molecule has 2 aromatic heterocycles. The van der Waals surface area contributed by atoms with Crippen LogP contribution >= 0.6 is 0 Å². The summed E-state index contributed by atoms with van der Waals surface area (Å²) in [6, 6.07) is 0. The van der Waals surface area contributed by atoms with Gasteiger partial charge >= 0.3 is 0 Å². The van der Waals surface area contributed by atoms with Crippen LogP contribution in [0.2, 0.25) is 0 Å². The van der Waals surface area contributed by atoms with E-state index in [2.05, 4.69) is 15.2 Å². The largest absolute Gasteiger partial charge is 0.284 e. The number of fused-ring (bicyclic) bond motifs is 1. The van der Waals surface area contributed by atoms with Gasteiger partial charge in [-0.1, -0.05) is 27.7 Å². The molecule has 0 radical (unpaired) electrons. The zero-order valence-electron chi connectivity index (χ0n) is 10.4. The van der Waals surface area contributed by atoms with Crippen molar-refractivity contribution in [2.75, 3.05) is 0 Å². The van der Waals surface area contributed by atoms with E-state index in [9.17, 15) is 0 Å². The van der Waals surface area contributed by atoms with Crippen LogP contribution in [0, 0.1) is 13.8 Å². The topological polar surface area (TPSA) is 43.1 Å². The van der Waals surface area contributed by atoms with Crippen molar-refractivity contribution in [3.63, 3.8) is 0 Å². The van der Waals surface area contributed by atoms with Crippen molar-refractivity contribution in [1.82, 2.24) is 19.6 Å². The van der Waals surface area contributed by atoms with Gasteiger partial charge in [0, 0.05) is 6.20 Å². The van der Waals surface area contributed by atoms with Gasteiger partial charge in [-0.25, -0.2) is 0 Å². The Morgan fingerprint density at radius 3 is 2.20 bits per heavy atom. The first-order valence-corrected chi connectivity index (χ1v) is 5.41. The fourth-order valence-corrected chi connectivity index (χ4v) is 1.01. The van der Waals surface area contributed by atoms with Crippen LogP contribution < -0.4 is 0 Å². The quantitative estimate of drug-likeness (QED) is 0.668. The highest BCUT2D eigenvalue weighted by Crippen LogP contribution is 2.01. The molecular formula is C11H20N4. The minimum absolute atomic E-state index is 0.799. The van der Waals surface area contributed by atoms with E-state index in [1.165, 1.54) is 0 Å². The Balaban J connectivity index is 0.000000442. The van der Waals surface area contributed by atoms with Crippen LogP contribution in [0.25, 0.3) is 5.65 Å². The van der Waals surface area contributed by atoms with Gasteiger partial charge in [0.25, 0.3) is 0 Å². The van der Waals surface area contributed by atoms with Crippen molar-refractivity contribution >= 4 is 5.65 Å². The maximum absolute atomic E-state index is 4.10. The molecule has 0 aliphatic heterocycles. The maximum Gasteiger partial charge on any atom is 0.179 e. The lowest BCUT2D eigenvalue weighted by molar-refractivity contribution is 0.989. The van der Waals surface area contributed by atoms with Crippen LogP contribution in [0.15, 0.2) is 12.4 Å². The summed E-state index contributed by atoms with van der Waals surface area (Å²) < 4.78 is 1.92. The summed E-state index contributed by atoms with van der Waals surface area (Å²) >= 11 is 0. The Kier molecular flexibility index (Phi) is 6.25. The molecule has 0 aromatic carbocycles. The highest BCUT2D eigenvalue weighted by Gasteiger charge is 1.98. The van der Waals surface area contributed by atoms with E-state index in [1.807, 2.05) is 52.1 Å². The minimum Gasteiger partial charge on any atom is -0.284 e. The van der Waals surface area contributed by atoms with Gasteiger partial charge in [0.05, 0.1) is 11.9 Å². The third kappa shape index (κ3) is 3.31. The fourth-order valence-electron chi connectivity index (χ4n) is 1.01. The van der Waals surface area contributed by atoms with Crippen LogP contribution in [0.3, 0.4) is 0 Å². The van der Waals surface area contributed by atoms with Gasteiger partial charge in [-0.3, -0.25) is 9.38 Å². The summed E-state index contributed by atoms with van der Waals surface area (Å²) in [5.41, 5.74) is 1.77. The van der Waals surface area contributed by atoms with E-state index in [-0.39, 0.29) is 0 Å². The molecular weight excluding hydrogens is 188 g/mol. The second-order valence-electron chi connectivity index (χ2n) is 2.50. The third-order valence-electron chi connectivity index (χ3n) is 1.59. The first kappa shape index (κ1) is 13.5. The summed E-state index contributed by atoms with van der Waals surface area (Å²) in [5, 5.41) is 7.82. The molecule has 0 bridgehead atoms. The Morgan fingerprint density at radius 2 is 1.60 bits per heavy atom. The van der Waals surface area contributed by atoms with Crippen molar-refractivity contribution in [3.05, 3.63) is 23.9 Å². The normalized spacial score (nSPS) is 8.67.